The summed E-state index contributed by atoms with van der Waals surface area (Å²) in [6, 6.07) is 3.16. The third-order valence-corrected chi connectivity index (χ3v) is 13.5. The topological polar surface area (TPSA) is 166 Å². The third-order valence-electron chi connectivity index (χ3n) is 8.78. The Morgan fingerprint density at radius 2 is 1.35 bits per heavy atom. The highest BCUT2D eigenvalue weighted by molar-refractivity contribution is 6.87. The van der Waals surface area contributed by atoms with E-state index in [1.807, 2.05) is 0 Å². The molecule has 13 heteroatoms. The van der Waals surface area contributed by atoms with Crippen molar-refractivity contribution in [2.75, 3.05) is 19.8 Å². The molecule has 5 fully saturated rings. The fraction of sp³-hybridized carbons (Fsp3) is 0.758. The van der Waals surface area contributed by atoms with Crippen LogP contribution in [0.1, 0.15) is 55.4 Å². The van der Waals surface area contributed by atoms with Gasteiger partial charge in [-0.1, -0.05) is 32.6 Å². The van der Waals surface area contributed by atoms with Crippen LogP contribution in [0.4, 0.5) is 0 Å². The minimum Gasteiger partial charge on any atom is -0.412 e. The van der Waals surface area contributed by atoms with Crippen LogP contribution < -0.4 is 0 Å². The molecule has 46 heavy (non-hydrogen) atoms. The summed E-state index contributed by atoms with van der Waals surface area (Å²) in [6.07, 6.45) is -4.66. The van der Waals surface area contributed by atoms with Gasteiger partial charge in [0.05, 0.1) is 19.8 Å². The number of fused-ring (bicyclic) bond motifs is 4. The van der Waals surface area contributed by atoms with Crippen LogP contribution in [0.25, 0.3) is 0 Å². The molecule has 5 saturated heterocycles. The van der Waals surface area contributed by atoms with Crippen molar-refractivity contribution in [3.8, 4) is 47.0 Å². The molecule has 5 heterocycles. The molecule has 5 aliphatic rings. The lowest BCUT2D eigenvalue weighted by molar-refractivity contribution is -0.310. The van der Waals surface area contributed by atoms with Gasteiger partial charge in [-0.25, -0.2) is 0 Å². The van der Waals surface area contributed by atoms with Crippen LogP contribution in [0.5, 0.6) is 0 Å². The minimum absolute atomic E-state index is 0. The molecule has 0 aromatic rings. The van der Waals surface area contributed by atoms with Crippen LogP contribution in [-0.4, -0.2) is 115 Å². The first-order valence-corrected chi connectivity index (χ1v) is 18.1. The Kier molecular flexibility index (Phi) is 12.6. The number of aliphatic hydroxyl groups is 3. The molecule has 0 amide bonds. The molecule has 3 unspecified atom stereocenters. The Morgan fingerprint density at radius 3 is 1.89 bits per heavy atom. The Morgan fingerprint density at radius 1 is 0.761 bits per heavy atom. The second-order valence-electron chi connectivity index (χ2n) is 12.6. The SMILES string of the molecule is CC#CC#CC#CC1OC[C@@]2(CO)O[C@H]3OC(C)(C)OC3[C@@H]2O1.CC[Si](C#C[C@]1(CO)O[C@H]2OC(C)(C)OC2[C@@H]1O)(CC)CC.O. The molecule has 0 radical (unpaired) electrons. The minimum atomic E-state index is -1.69. The van der Waals surface area contributed by atoms with Crippen molar-refractivity contribution in [3.63, 3.8) is 0 Å². The third kappa shape index (κ3) is 7.81. The Bertz CT molecular complexity index is 1310. The highest BCUT2D eigenvalue weighted by Gasteiger charge is 2.65. The molecule has 256 valence electrons. The van der Waals surface area contributed by atoms with Gasteiger partial charge in [-0.05, 0) is 82.4 Å². The fourth-order valence-electron chi connectivity index (χ4n) is 5.96. The van der Waals surface area contributed by atoms with Crippen LogP contribution in [-0.2, 0) is 37.9 Å². The zero-order valence-corrected chi connectivity index (χ0v) is 28.9. The molecule has 12 nitrogen and oxygen atoms in total. The first-order chi connectivity index (χ1) is 21.3. The van der Waals surface area contributed by atoms with Gasteiger partial charge in [0.1, 0.15) is 38.1 Å². The van der Waals surface area contributed by atoms with E-state index in [4.69, 9.17) is 37.9 Å². The predicted octanol–water partition coefficient (Wildman–Crippen LogP) is 0.810. The molecule has 0 aliphatic carbocycles. The van der Waals surface area contributed by atoms with Crippen LogP contribution >= 0.6 is 0 Å². The van der Waals surface area contributed by atoms with Gasteiger partial charge in [0, 0.05) is 0 Å². The van der Waals surface area contributed by atoms with Crippen molar-refractivity contribution in [2.45, 2.75) is 140 Å². The lowest BCUT2D eigenvalue weighted by Gasteiger charge is -2.40. The van der Waals surface area contributed by atoms with E-state index in [1.165, 1.54) is 0 Å². The average molecular weight is 665 g/mol. The quantitative estimate of drug-likeness (QED) is 0.281. The van der Waals surface area contributed by atoms with E-state index in [0.29, 0.717) is 0 Å². The molecule has 9 atom stereocenters. The maximum atomic E-state index is 10.6. The molecular weight excluding hydrogens is 616 g/mol. The van der Waals surface area contributed by atoms with E-state index in [1.54, 1.807) is 34.6 Å². The number of rotatable bonds is 5. The van der Waals surface area contributed by atoms with Gasteiger partial charge in [-0.2, -0.15) is 0 Å². The van der Waals surface area contributed by atoms with E-state index < -0.39 is 74.1 Å². The molecule has 0 spiro atoms. The Balaban J connectivity index is 0.000000245. The zero-order chi connectivity index (χ0) is 33.1. The smallest absolute Gasteiger partial charge is 0.223 e. The largest absolute Gasteiger partial charge is 0.412 e. The fourth-order valence-corrected chi connectivity index (χ4v) is 8.47. The maximum Gasteiger partial charge on any atom is 0.223 e. The number of hydrogen-bond donors (Lipinski definition) is 3. The van der Waals surface area contributed by atoms with Crippen molar-refractivity contribution >= 4 is 8.07 Å². The van der Waals surface area contributed by atoms with E-state index >= 15 is 0 Å². The van der Waals surface area contributed by atoms with Gasteiger partial charge in [-0.15, -0.1) is 5.54 Å². The van der Waals surface area contributed by atoms with Crippen LogP contribution in [0, 0.1) is 47.0 Å². The molecule has 0 saturated carbocycles. The molecule has 5 N–H and O–H groups in total. The Labute approximate surface area is 273 Å². The normalized spacial score (nSPS) is 37.4. The summed E-state index contributed by atoms with van der Waals surface area (Å²) in [6.45, 7) is 14.8. The summed E-state index contributed by atoms with van der Waals surface area (Å²) in [5, 5.41) is 30.1. The van der Waals surface area contributed by atoms with E-state index in [2.05, 4.69) is 67.8 Å². The summed E-state index contributed by atoms with van der Waals surface area (Å²) < 4.78 is 45.8. The van der Waals surface area contributed by atoms with Gasteiger partial charge >= 0.3 is 0 Å². The maximum absolute atomic E-state index is 10.6. The molecule has 5 rings (SSSR count). The molecular formula is C33H48O12Si. The molecule has 0 bridgehead atoms. The van der Waals surface area contributed by atoms with Crippen molar-refractivity contribution in [1.82, 2.24) is 0 Å². The van der Waals surface area contributed by atoms with Gasteiger partial charge < -0.3 is 58.7 Å². The summed E-state index contributed by atoms with van der Waals surface area (Å²) in [4.78, 5) is 0. The first kappa shape index (κ1) is 38.4. The van der Waals surface area contributed by atoms with E-state index in [-0.39, 0.29) is 25.3 Å². The lowest BCUT2D eigenvalue weighted by atomic mass is 9.96. The number of aliphatic hydroxyl groups excluding tert-OH is 3. The summed E-state index contributed by atoms with van der Waals surface area (Å²) in [7, 11) is -1.69. The van der Waals surface area contributed by atoms with Crippen LogP contribution in [0.15, 0.2) is 0 Å². The predicted molar refractivity (Wildman–Crippen MR) is 168 cm³/mol. The first-order valence-electron chi connectivity index (χ1n) is 15.5. The standard InChI is InChI=1S/C17H18O6.C16H28O5Si.H2O/c1-4-5-6-7-8-9-12-19-11-17(10-18)14(20-12)13-15(23-17)22-16(2,3)21-13;1-6-22(7-2,8-3)10-9-16(11-17)13(18)12-14(21-16)20-15(4,5)19-12;/h12-15,18H,10-11H2,1-3H3;12-14,17-18H,6-8,11H2,1-5H3;1H2/t12?,13?,14-,15+,17+;12?,13-,14+,16+;/m00./s1. The second-order valence-corrected chi connectivity index (χ2v) is 17.5. The van der Waals surface area contributed by atoms with E-state index in [0.717, 1.165) is 18.1 Å². The van der Waals surface area contributed by atoms with Crippen LogP contribution in [0.2, 0.25) is 18.1 Å². The van der Waals surface area contributed by atoms with Crippen molar-refractivity contribution in [1.29, 1.82) is 0 Å². The van der Waals surface area contributed by atoms with E-state index in [9.17, 15) is 15.3 Å². The van der Waals surface area contributed by atoms with Crippen molar-refractivity contribution < 1.29 is 58.7 Å². The van der Waals surface area contributed by atoms with Gasteiger partial charge in [0.25, 0.3) is 0 Å². The van der Waals surface area contributed by atoms with Crippen LogP contribution in [0.3, 0.4) is 0 Å². The van der Waals surface area contributed by atoms with Crippen molar-refractivity contribution in [3.05, 3.63) is 0 Å². The summed E-state index contributed by atoms with van der Waals surface area (Å²) in [5.41, 5.74) is 1.09. The van der Waals surface area contributed by atoms with Crippen molar-refractivity contribution in [2.24, 2.45) is 0 Å². The second kappa shape index (κ2) is 15.0. The molecule has 0 aromatic carbocycles. The highest BCUT2D eigenvalue weighted by Crippen LogP contribution is 2.46. The lowest BCUT2D eigenvalue weighted by Crippen LogP contribution is -2.58. The monoisotopic (exact) mass is 664 g/mol. The number of ether oxygens (including phenoxy) is 8. The summed E-state index contributed by atoms with van der Waals surface area (Å²) in [5.74, 6) is 17.3. The molecule has 0 aromatic heterocycles. The number of hydrogen-bond acceptors (Lipinski definition) is 11. The van der Waals surface area contributed by atoms with Gasteiger partial charge in [-0.3, -0.25) is 0 Å². The average Bonchev–Trinajstić information content (AvgIpc) is 3.67. The summed E-state index contributed by atoms with van der Waals surface area (Å²) >= 11 is 0. The Hall–Kier alpha value is -2.02. The van der Waals surface area contributed by atoms with Gasteiger partial charge in [0.15, 0.2) is 29.8 Å². The highest BCUT2D eigenvalue weighted by atomic mass is 28.3. The molecule has 5 aliphatic heterocycles. The van der Waals surface area contributed by atoms with Gasteiger partial charge in [0.2, 0.25) is 6.29 Å². The zero-order valence-electron chi connectivity index (χ0n) is 27.9.